The van der Waals surface area contributed by atoms with Gasteiger partial charge in [0, 0.05) is 0 Å². The van der Waals surface area contributed by atoms with Crippen LogP contribution in [0.5, 0.6) is 0 Å². The second-order valence-corrected chi connectivity index (χ2v) is 21.9. The minimum absolute atomic E-state index is 0.191. The molecule has 0 aliphatic carbocycles. The molecule has 6 rings (SSSR count). The van der Waals surface area contributed by atoms with Crippen LogP contribution in [-0.2, 0) is 14.1 Å². The maximum absolute atomic E-state index is 2.47. The molecular weight excluding hydrogens is 737 g/mol. The van der Waals surface area contributed by atoms with Crippen molar-refractivity contribution < 1.29 is 14.1 Å². The van der Waals surface area contributed by atoms with Crippen molar-refractivity contribution >= 4 is 0 Å². The van der Waals surface area contributed by atoms with E-state index < -0.39 is 14.1 Å². The standard InChI is InChI=1S/3C19H23.Cr/c3*1-12-7-14(3)18(15(4)8-12)11-19-16(5)9-13(2)10-17(19)6;/h3*7-11H,1-6H3;. The van der Waals surface area contributed by atoms with Crippen molar-refractivity contribution in [3.8, 4) is 0 Å². The van der Waals surface area contributed by atoms with Crippen molar-refractivity contribution in [1.82, 2.24) is 0 Å². The Kier molecular flexibility index (Phi) is 12.6. The fraction of sp³-hybridized carbons (Fsp3) is 0.368. The minimum atomic E-state index is -2.12. The molecule has 6 aromatic rings. The molecule has 0 aromatic heterocycles. The van der Waals surface area contributed by atoms with E-state index >= 15 is 0 Å². The predicted molar refractivity (Wildman–Crippen MR) is 249 cm³/mol. The third-order valence-electron chi connectivity index (χ3n) is 12.8. The summed E-state index contributed by atoms with van der Waals surface area (Å²) in [4.78, 5) is 0. The maximum atomic E-state index is 2.47. The third kappa shape index (κ3) is 8.20. The monoisotopic (exact) mass is 805 g/mol. The van der Waals surface area contributed by atoms with Crippen LogP contribution in [-0.4, -0.2) is 0 Å². The van der Waals surface area contributed by atoms with Crippen LogP contribution in [0.4, 0.5) is 0 Å². The van der Waals surface area contributed by atoms with Crippen molar-refractivity contribution in [2.75, 3.05) is 0 Å². The number of benzene rings is 6. The summed E-state index contributed by atoms with van der Waals surface area (Å²) in [5.41, 5.74) is 34.2. The number of aryl methyl sites for hydroxylation is 18. The summed E-state index contributed by atoms with van der Waals surface area (Å²) >= 11 is -2.12. The second kappa shape index (κ2) is 16.8. The van der Waals surface area contributed by atoms with E-state index in [9.17, 15) is 0 Å². The molecule has 58 heavy (non-hydrogen) atoms. The van der Waals surface area contributed by atoms with E-state index in [0.29, 0.717) is 0 Å². The fourth-order valence-corrected chi connectivity index (χ4v) is 18.6. The van der Waals surface area contributed by atoms with Gasteiger partial charge in [0.2, 0.25) is 0 Å². The summed E-state index contributed by atoms with van der Waals surface area (Å²) in [5, 5.41) is 0. The van der Waals surface area contributed by atoms with Crippen LogP contribution in [0.3, 0.4) is 0 Å². The number of hydrogen-bond acceptors (Lipinski definition) is 0. The van der Waals surface area contributed by atoms with E-state index in [-0.39, 0.29) is 14.3 Å². The van der Waals surface area contributed by atoms with Gasteiger partial charge < -0.3 is 0 Å². The van der Waals surface area contributed by atoms with Crippen LogP contribution < -0.4 is 0 Å². The van der Waals surface area contributed by atoms with Gasteiger partial charge in [0.05, 0.1) is 0 Å². The third-order valence-corrected chi connectivity index (χ3v) is 17.6. The van der Waals surface area contributed by atoms with E-state index in [1.54, 1.807) is 0 Å². The van der Waals surface area contributed by atoms with Gasteiger partial charge in [-0.15, -0.1) is 0 Å². The molecule has 0 amide bonds. The van der Waals surface area contributed by atoms with Crippen LogP contribution in [0, 0.1) is 125 Å². The van der Waals surface area contributed by atoms with E-state index in [0.717, 1.165) is 0 Å². The van der Waals surface area contributed by atoms with Gasteiger partial charge in [-0.1, -0.05) is 0 Å². The predicted octanol–water partition coefficient (Wildman–Crippen LogP) is 15.5. The second-order valence-electron chi connectivity index (χ2n) is 18.4. The molecular formula is C57H69Cr. The Hall–Kier alpha value is -4.15. The Bertz CT molecular complexity index is 1960. The first kappa shape index (κ1) is 43.4. The molecule has 0 saturated carbocycles. The van der Waals surface area contributed by atoms with E-state index in [1.807, 2.05) is 0 Å². The van der Waals surface area contributed by atoms with Crippen molar-refractivity contribution in [2.45, 2.75) is 139 Å². The van der Waals surface area contributed by atoms with Crippen molar-refractivity contribution in [3.63, 3.8) is 0 Å². The normalized spacial score (nSPS) is 11.9. The molecule has 303 valence electrons. The van der Waals surface area contributed by atoms with Crippen LogP contribution in [0.2, 0.25) is 0 Å². The molecule has 0 spiro atoms. The zero-order valence-electron chi connectivity index (χ0n) is 39.1. The molecule has 0 unspecified atom stereocenters. The van der Waals surface area contributed by atoms with Crippen LogP contribution in [0.15, 0.2) is 72.8 Å². The Balaban J connectivity index is 2.00. The van der Waals surface area contributed by atoms with E-state index in [2.05, 4.69) is 197 Å². The zero-order valence-corrected chi connectivity index (χ0v) is 40.3. The summed E-state index contributed by atoms with van der Waals surface area (Å²) < 4.78 is 0.574. The van der Waals surface area contributed by atoms with Gasteiger partial charge in [-0.05, 0) is 0 Å². The van der Waals surface area contributed by atoms with E-state index in [4.69, 9.17) is 0 Å². The summed E-state index contributed by atoms with van der Waals surface area (Å²) in [6.45, 7) is 42.5. The van der Waals surface area contributed by atoms with E-state index in [1.165, 1.54) is 134 Å². The molecule has 0 heterocycles. The Morgan fingerprint density at radius 1 is 0.207 bits per heavy atom. The molecule has 0 bridgehead atoms. The fourth-order valence-electron chi connectivity index (χ4n) is 11.3. The van der Waals surface area contributed by atoms with Gasteiger partial charge >= 0.3 is 359 Å². The van der Waals surface area contributed by atoms with Crippen LogP contribution >= 0.6 is 0 Å². The summed E-state index contributed by atoms with van der Waals surface area (Å²) in [5.74, 6) is 0. The van der Waals surface area contributed by atoms with Crippen molar-refractivity contribution in [2.24, 2.45) is 0 Å². The first-order chi connectivity index (χ1) is 27.2. The number of hydrogen-bond donors (Lipinski definition) is 0. The van der Waals surface area contributed by atoms with Crippen LogP contribution in [0.1, 0.15) is 148 Å². The van der Waals surface area contributed by atoms with Gasteiger partial charge in [0.25, 0.3) is 0 Å². The first-order valence-electron chi connectivity index (χ1n) is 21.4. The Morgan fingerprint density at radius 3 is 0.414 bits per heavy atom. The average Bonchev–Trinajstić information content (AvgIpc) is 3.05. The van der Waals surface area contributed by atoms with Gasteiger partial charge in [0.15, 0.2) is 0 Å². The summed E-state index contributed by atoms with van der Waals surface area (Å²) in [7, 11) is 0. The Morgan fingerprint density at radius 2 is 0.310 bits per heavy atom. The van der Waals surface area contributed by atoms with Gasteiger partial charge in [-0.3, -0.25) is 0 Å². The molecule has 0 nitrogen and oxygen atoms in total. The zero-order chi connectivity index (χ0) is 42.7. The molecule has 0 aliphatic rings. The number of rotatable bonds is 9. The molecule has 0 N–H and O–H groups in total. The quantitative estimate of drug-likeness (QED) is 0.137. The summed E-state index contributed by atoms with van der Waals surface area (Å²) in [6, 6.07) is 29.6. The van der Waals surface area contributed by atoms with Gasteiger partial charge in [-0.2, -0.15) is 0 Å². The van der Waals surface area contributed by atoms with Gasteiger partial charge in [-0.25, -0.2) is 0 Å². The molecule has 0 fully saturated rings. The first-order valence-corrected chi connectivity index (χ1v) is 23.6. The molecule has 0 saturated heterocycles. The average molecular weight is 806 g/mol. The SMILES string of the molecule is Cc1cc(C)c([CH](c2c(C)cc(C)cc2C)[Cr]([CH](c2c(C)cc(C)cc2C)c2c(C)cc(C)cc2C)[CH](c2c(C)cc(C)cc2C)c2c(C)cc(C)cc2C)c(C)c1. The molecule has 6 aromatic carbocycles. The molecule has 0 aliphatic heterocycles. The van der Waals surface area contributed by atoms with Crippen LogP contribution in [0.25, 0.3) is 0 Å². The Labute approximate surface area is 357 Å². The van der Waals surface area contributed by atoms with Crippen molar-refractivity contribution in [1.29, 1.82) is 0 Å². The topological polar surface area (TPSA) is 0 Å². The summed E-state index contributed by atoms with van der Waals surface area (Å²) in [6.07, 6.45) is 0. The molecule has 0 radical (unpaired) electrons. The molecule has 1 heteroatoms. The van der Waals surface area contributed by atoms with Crippen molar-refractivity contribution in [3.05, 3.63) is 206 Å². The van der Waals surface area contributed by atoms with Gasteiger partial charge in [0.1, 0.15) is 0 Å². The molecule has 0 atom stereocenters.